The van der Waals surface area contributed by atoms with Gasteiger partial charge in [0.25, 0.3) is 5.91 Å². The molecule has 2 aromatic rings. The highest BCUT2D eigenvalue weighted by Crippen LogP contribution is 2.20. The highest BCUT2D eigenvalue weighted by Gasteiger charge is 2.08. The molecule has 2 amide bonds. The van der Waals surface area contributed by atoms with Gasteiger partial charge >= 0.3 is 0 Å². The first kappa shape index (κ1) is 15.3. The third kappa shape index (κ3) is 3.70. The van der Waals surface area contributed by atoms with E-state index in [4.69, 9.17) is 5.26 Å². The predicted molar refractivity (Wildman–Crippen MR) is 84.6 cm³/mol. The third-order valence-electron chi connectivity index (χ3n) is 3.05. The Morgan fingerprint density at radius 2 is 1.86 bits per heavy atom. The largest absolute Gasteiger partial charge is 0.326 e. The summed E-state index contributed by atoms with van der Waals surface area (Å²) in [5.74, 6) is -0.433. The van der Waals surface area contributed by atoms with Crippen molar-refractivity contribution in [2.75, 3.05) is 10.6 Å². The van der Waals surface area contributed by atoms with Crippen molar-refractivity contribution in [3.05, 3.63) is 59.2 Å². The van der Waals surface area contributed by atoms with Gasteiger partial charge in [-0.15, -0.1) is 0 Å². The lowest BCUT2D eigenvalue weighted by Crippen LogP contribution is -2.12. The smallest absolute Gasteiger partial charge is 0.255 e. The minimum atomic E-state index is -0.288. The Hall–Kier alpha value is -3.13. The summed E-state index contributed by atoms with van der Waals surface area (Å²) in [6.45, 7) is 3.29. The fourth-order valence-electron chi connectivity index (χ4n) is 2.00. The summed E-state index contributed by atoms with van der Waals surface area (Å²) in [6, 6.07) is 13.7. The third-order valence-corrected chi connectivity index (χ3v) is 3.05. The summed E-state index contributed by atoms with van der Waals surface area (Å²) in [5, 5.41) is 14.3. The number of anilines is 2. The molecule has 0 fully saturated rings. The maximum absolute atomic E-state index is 12.2. The van der Waals surface area contributed by atoms with Crippen molar-refractivity contribution in [3.63, 3.8) is 0 Å². The van der Waals surface area contributed by atoms with Crippen molar-refractivity contribution in [1.29, 1.82) is 5.26 Å². The second kappa shape index (κ2) is 6.55. The maximum atomic E-state index is 12.2. The van der Waals surface area contributed by atoms with E-state index in [1.54, 1.807) is 36.4 Å². The van der Waals surface area contributed by atoms with Crippen molar-refractivity contribution in [2.24, 2.45) is 0 Å². The van der Waals surface area contributed by atoms with Crippen LogP contribution in [-0.4, -0.2) is 11.8 Å². The Kier molecular flexibility index (Phi) is 4.54. The van der Waals surface area contributed by atoms with Crippen molar-refractivity contribution in [2.45, 2.75) is 13.8 Å². The average molecular weight is 293 g/mol. The minimum Gasteiger partial charge on any atom is -0.326 e. The molecular formula is C17H15N3O2. The van der Waals surface area contributed by atoms with Gasteiger partial charge in [0.1, 0.15) is 0 Å². The van der Waals surface area contributed by atoms with Gasteiger partial charge in [-0.2, -0.15) is 5.26 Å². The SMILES string of the molecule is CC(=O)Nc1ccc(NC(=O)c2cccc(C#N)c2)cc1C. The van der Waals surface area contributed by atoms with Crippen LogP contribution in [0.2, 0.25) is 0 Å². The molecule has 5 heteroatoms. The van der Waals surface area contributed by atoms with Crippen LogP contribution in [0.25, 0.3) is 0 Å². The van der Waals surface area contributed by atoms with Gasteiger partial charge in [0.05, 0.1) is 11.6 Å². The molecule has 0 unspecified atom stereocenters. The molecular weight excluding hydrogens is 278 g/mol. The fraction of sp³-hybridized carbons (Fsp3) is 0.118. The van der Waals surface area contributed by atoms with Gasteiger partial charge in [0.15, 0.2) is 0 Å². The molecule has 22 heavy (non-hydrogen) atoms. The summed E-state index contributed by atoms with van der Waals surface area (Å²) in [7, 11) is 0. The van der Waals surface area contributed by atoms with E-state index in [2.05, 4.69) is 10.6 Å². The van der Waals surface area contributed by atoms with E-state index in [0.717, 1.165) is 5.56 Å². The molecule has 0 atom stereocenters. The number of hydrogen-bond acceptors (Lipinski definition) is 3. The number of benzene rings is 2. The molecule has 0 bridgehead atoms. The van der Waals surface area contributed by atoms with Crippen LogP contribution in [0.15, 0.2) is 42.5 Å². The van der Waals surface area contributed by atoms with Gasteiger partial charge in [0, 0.05) is 23.9 Å². The van der Waals surface area contributed by atoms with Gasteiger partial charge in [-0.1, -0.05) is 6.07 Å². The first-order valence-corrected chi connectivity index (χ1v) is 6.69. The number of carbonyl (C=O) groups is 2. The van der Waals surface area contributed by atoms with E-state index in [1.165, 1.54) is 13.0 Å². The average Bonchev–Trinajstić information content (AvgIpc) is 2.49. The zero-order valence-corrected chi connectivity index (χ0v) is 12.3. The van der Waals surface area contributed by atoms with Gasteiger partial charge < -0.3 is 10.6 Å². The maximum Gasteiger partial charge on any atom is 0.255 e. The lowest BCUT2D eigenvalue weighted by molar-refractivity contribution is -0.114. The highest BCUT2D eigenvalue weighted by atomic mass is 16.2. The first-order chi connectivity index (χ1) is 10.5. The molecule has 2 aromatic carbocycles. The van der Waals surface area contributed by atoms with Crippen LogP contribution >= 0.6 is 0 Å². The Labute approximate surface area is 128 Å². The molecule has 2 rings (SSSR count). The predicted octanol–water partition coefficient (Wildman–Crippen LogP) is 3.08. The lowest BCUT2D eigenvalue weighted by Gasteiger charge is -2.10. The second-order valence-electron chi connectivity index (χ2n) is 4.86. The van der Waals surface area contributed by atoms with Crippen molar-refractivity contribution in [3.8, 4) is 6.07 Å². The Bertz CT molecular complexity index is 776. The molecule has 0 radical (unpaired) electrons. The molecule has 110 valence electrons. The van der Waals surface area contributed by atoms with Crippen LogP contribution in [0.3, 0.4) is 0 Å². The van der Waals surface area contributed by atoms with E-state index in [9.17, 15) is 9.59 Å². The molecule has 0 heterocycles. The Morgan fingerprint density at radius 1 is 1.09 bits per heavy atom. The Balaban J connectivity index is 2.16. The van der Waals surface area contributed by atoms with E-state index in [1.807, 2.05) is 13.0 Å². The van der Waals surface area contributed by atoms with Crippen LogP contribution in [0.4, 0.5) is 11.4 Å². The number of nitrogens with one attached hydrogen (secondary N) is 2. The van der Waals surface area contributed by atoms with Crippen molar-refractivity contribution < 1.29 is 9.59 Å². The summed E-state index contributed by atoms with van der Waals surface area (Å²) < 4.78 is 0. The van der Waals surface area contributed by atoms with Crippen LogP contribution in [-0.2, 0) is 4.79 Å². The number of hydrogen-bond donors (Lipinski definition) is 2. The second-order valence-corrected chi connectivity index (χ2v) is 4.86. The number of nitriles is 1. The van der Waals surface area contributed by atoms with E-state index >= 15 is 0 Å². The van der Waals surface area contributed by atoms with Gasteiger partial charge in [-0.25, -0.2) is 0 Å². The van der Waals surface area contributed by atoms with E-state index < -0.39 is 0 Å². The van der Waals surface area contributed by atoms with Crippen LogP contribution in [0.1, 0.15) is 28.4 Å². The first-order valence-electron chi connectivity index (χ1n) is 6.69. The topological polar surface area (TPSA) is 82.0 Å². The number of carbonyl (C=O) groups excluding carboxylic acids is 2. The number of nitrogens with zero attached hydrogens (tertiary/aromatic N) is 1. The molecule has 2 N–H and O–H groups in total. The molecule has 5 nitrogen and oxygen atoms in total. The quantitative estimate of drug-likeness (QED) is 0.912. The van der Waals surface area contributed by atoms with Crippen molar-refractivity contribution >= 4 is 23.2 Å². The number of aryl methyl sites for hydroxylation is 1. The normalized spacial score (nSPS) is 9.68. The molecule has 0 aliphatic heterocycles. The van der Waals surface area contributed by atoms with Crippen LogP contribution in [0.5, 0.6) is 0 Å². The number of rotatable bonds is 3. The molecule has 0 aliphatic carbocycles. The highest BCUT2D eigenvalue weighted by molar-refractivity contribution is 6.04. The summed E-state index contributed by atoms with van der Waals surface area (Å²) >= 11 is 0. The monoisotopic (exact) mass is 293 g/mol. The fourth-order valence-corrected chi connectivity index (χ4v) is 2.00. The van der Waals surface area contributed by atoms with Crippen LogP contribution < -0.4 is 10.6 Å². The number of amides is 2. The standard InChI is InChI=1S/C17H15N3O2/c1-11-8-15(6-7-16(11)19-12(2)21)20-17(22)14-5-3-4-13(9-14)10-18/h3-9H,1-2H3,(H,19,21)(H,20,22). The molecule has 0 aromatic heterocycles. The van der Waals surface area contributed by atoms with Crippen LogP contribution in [0, 0.1) is 18.3 Å². The van der Waals surface area contributed by atoms with Gasteiger partial charge in [-0.05, 0) is 48.9 Å². The lowest BCUT2D eigenvalue weighted by atomic mass is 10.1. The molecule has 0 saturated carbocycles. The van der Waals surface area contributed by atoms with Gasteiger partial charge in [-0.3, -0.25) is 9.59 Å². The molecule has 0 spiro atoms. The van der Waals surface area contributed by atoms with Crippen molar-refractivity contribution in [1.82, 2.24) is 0 Å². The zero-order chi connectivity index (χ0) is 16.1. The van der Waals surface area contributed by atoms with Gasteiger partial charge in [0.2, 0.25) is 5.91 Å². The molecule has 0 saturated heterocycles. The summed E-state index contributed by atoms with van der Waals surface area (Å²) in [4.78, 5) is 23.2. The minimum absolute atomic E-state index is 0.145. The summed E-state index contributed by atoms with van der Waals surface area (Å²) in [6.07, 6.45) is 0. The zero-order valence-electron chi connectivity index (χ0n) is 12.3. The summed E-state index contributed by atoms with van der Waals surface area (Å²) in [5.41, 5.74) is 3.03. The molecule has 0 aliphatic rings. The van der Waals surface area contributed by atoms with E-state index in [-0.39, 0.29) is 11.8 Å². The van der Waals surface area contributed by atoms with E-state index in [0.29, 0.717) is 22.5 Å². The Morgan fingerprint density at radius 3 is 2.50 bits per heavy atom.